The number of amides is 1. The first-order valence-corrected chi connectivity index (χ1v) is 11.5. The number of methoxy groups -OCH3 is 1. The minimum absolute atomic E-state index is 0.0684. The maximum atomic E-state index is 13.3. The normalized spacial score (nSPS) is 16.4. The first-order chi connectivity index (χ1) is 16.1. The van der Waals surface area contributed by atoms with Crippen molar-refractivity contribution in [1.29, 1.82) is 0 Å². The number of nitrogens with one attached hydrogen (secondary N) is 1. The fourth-order valence-electron chi connectivity index (χ4n) is 3.79. The zero-order valence-electron chi connectivity index (χ0n) is 18.4. The highest BCUT2D eigenvalue weighted by Crippen LogP contribution is 2.35. The summed E-state index contributed by atoms with van der Waals surface area (Å²) in [6, 6.07) is 19.4. The van der Waals surface area contributed by atoms with Crippen molar-refractivity contribution in [3.05, 3.63) is 88.8 Å². The van der Waals surface area contributed by atoms with Gasteiger partial charge in [0.2, 0.25) is 0 Å². The molecule has 0 radical (unpaired) electrons. The Morgan fingerprint density at radius 3 is 2.70 bits per heavy atom. The number of carbonyl (C=O) groups is 1. The lowest BCUT2D eigenvalue weighted by atomic mass is 10.1. The van der Waals surface area contributed by atoms with Gasteiger partial charge in [0.1, 0.15) is 17.3 Å². The summed E-state index contributed by atoms with van der Waals surface area (Å²) in [5.74, 6) is 2.16. The predicted octanol–water partition coefficient (Wildman–Crippen LogP) is 5.92. The van der Waals surface area contributed by atoms with E-state index in [1.54, 1.807) is 18.1 Å². The number of furan rings is 1. The molecule has 2 aromatic carbocycles. The van der Waals surface area contributed by atoms with Gasteiger partial charge in [0.15, 0.2) is 5.17 Å². The van der Waals surface area contributed by atoms with E-state index in [0.29, 0.717) is 28.8 Å². The van der Waals surface area contributed by atoms with Crippen LogP contribution >= 0.6 is 11.8 Å². The molecule has 33 heavy (non-hydrogen) atoms. The minimum atomic E-state index is -0.0684. The van der Waals surface area contributed by atoms with Gasteiger partial charge >= 0.3 is 0 Å². The van der Waals surface area contributed by atoms with E-state index >= 15 is 0 Å². The molecule has 1 aliphatic heterocycles. The van der Waals surface area contributed by atoms with E-state index in [-0.39, 0.29) is 5.91 Å². The third kappa shape index (κ3) is 4.45. The Labute approximate surface area is 196 Å². The molecule has 1 amide bonds. The molecule has 1 fully saturated rings. The summed E-state index contributed by atoms with van der Waals surface area (Å²) in [4.78, 5) is 23.7. The molecule has 0 atom stereocenters. The highest BCUT2D eigenvalue weighted by Gasteiger charge is 2.33. The average molecular weight is 458 g/mol. The van der Waals surface area contributed by atoms with Gasteiger partial charge in [-0.2, -0.15) is 0 Å². The van der Waals surface area contributed by atoms with Crippen LogP contribution in [0.1, 0.15) is 17.1 Å². The molecule has 6 nitrogen and oxygen atoms in total. The summed E-state index contributed by atoms with van der Waals surface area (Å²) in [5, 5.41) is 1.83. The third-order valence-corrected chi connectivity index (χ3v) is 6.51. The number of hydrogen-bond donors (Lipinski definition) is 1. The van der Waals surface area contributed by atoms with Crippen LogP contribution in [0.5, 0.6) is 5.75 Å². The fourth-order valence-corrected chi connectivity index (χ4v) is 4.79. The molecule has 1 N–H and O–H groups in total. The number of H-pyrrole nitrogens is 1. The molecule has 0 unspecified atom stereocenters. The van der Waals surface area contributed by atoms with Gasteiger partial charge in [0, 0.05) is 29.7 Å². The Morgan fingerprint density at radius 1 is 1.12 bits per heavy atom. The molecule has 5 rings (SSSR count). The van der Waals surface area contributed by atoms with Crippen LogP contribution in [0.15, 0.2) is 81.2 Å². The Bertz CT molecular complexity index is 1360. The second-order valence-corrected chi connectivity index (χ2v) is 8.73. The molecule has 0 saturated carbocycles. The molecule has 7 heteroatoms. The lowest BCUT2D eigenvalue weighted by molar-refractivity contribution is -0.122. The van der Waals surface area contributed by atoms with Gasteiger partial charge in [-0.3, -0.25) is 9.69 Å². The smallest absolute Gasteiger partial charge is 0.266 e. The van der Waals surface area contributed by atoms with Gasteiger partial charge in [-0.1, -0.05) is 18.2 Å². The first-order valence-electron chi connectivity index (χ1n) is 10.7. The van der Waals surface area contributed by atoms with Crippen molar-refractivity contribution < 1.29 is 13.9 Å². The summed E-state index contributed by atoms with van der Waals surface area (Å²) >= 11 is 1.37. The molecular weight excluding hydrogens is 434 g/mol. The van der Waals surface area contributed by atoms with Crippen molar-refractivity contribution in [3.63, 3.8) is 0 Å². The molecule has 4 aromatic rings. The molecule has 2 aromatic heterocycles. The Kier molecular flexibility index (Phi) is 5.79. The van der Waals surface area contributed by atoms with Crippen LogP contribution in [-0.2, 0) is 11.2 Å². The Morgan fingerprint density at radius 2 is 1.94 bits per heavy atom. The zero-order chi connectivity index (χ0) is 22.8. The second kappa shape index (κ2) is 9.03. The van der Waals surface area contributed by atoms with Crippen molar-refractivity contribution in [2.24, 2.45) is 4.99 Å². The van der Waals surface area contributed by atoms with Gasteiger partial charge in [0.25, 0.3) is 5.91 Å². The van der Waals surface area contributed by atoms with Gasteiger partial charge < -0.3 is 14.1 Å². The highest BCUT2D eigenvalue weighted by molar-refractivity contribution is 8.18. The van der Waals surface area contributed by atoms with Crippen molar-refractivity contribution in [2.45, 2.75) is 13.3 Å². The lowest BCUT2D eigenvalue weighted by Gasteiger charge is -2.15. The SMILES string of the molecule is COc1ccc(N=C2SC(=Cc3ccc(C)o3)C(=O)N2CCc2c[nH]c3ccccc23)cc1. The average Bonchev–Trinajstić information content (AvgIpc) is 3.51. The van der Waals surface area contributed by atoms with Crippen molar-refractivity contribution >= 4 is 45.5 Å². The Balaban J connectivity index is 1.44. The van der Waals surface area contributed by atoms with Crippen LogP contribution in [0, 0.1) is 6.92 Å². The summed E-state index contributed by atoms with van der Waals surface area (Å²) in [6.07, 6.45) is 4.52. The van der Waals surface area contributed by atoms with Crippen LogP contribution in [0.25, 0.3) is 17.0 Å². The number of aryl methyl sites for hydroxylation is 1. The maximum Gasteiger partial charge on any atom is 0.266 e. The molecule has 0 aliphatic carbocycles. The number of ether oxygens (including phenoxy) is 1. The van der Waals surface area contributed by atoms with Crippen molar-refractivity contribution in [3.8, 4) is 5.75 Å². The van der Waals surface area contributed by atoms with Gasteiger partial charge in [-0.25, -0.2) is 4.99 Å². The molecule has 0 spiro atoms. The number of benzene rings is 2. The van der Waals surface area contributed by atoms with Gasteiger partial charge in [-0.15, -0.1) is 0 Å². The van der Waals surface area contributed by atoms with E-state index in [1.165, 1.54) is 22.7 Å². The number of aromatic amines is 1. The van der Waals surface area contributed by atoms with Crippen LogP contribution in [0.3, 0.4) is 0 Å². The van der Waals surface area contributed by atoms with Gasteiger partial charge in [-0.05, 0) is 73.1 Å². The van der Waals surface area contributed by atoms with Crippen LogP contribution in [0.4, 0.5) is 5.69 Å². The van der Waals surface area contributed by atoms with Crippen LogP contribution < -0.4 is 4.74 Å². The number of hydrogen-bond acceptors (Lipinski definition) is 5. The highest BCUT2D eigenvalue weighted by atomic mass is 32.2. The fraction of sp³-hybridized carbons (Fsp3) is 0.154. The molecular formula is C26H23N3O3S. The number of para-hydroxylation sites is 1. The quantitative estimate of drug-likeness (QED) is 0.365. The number of thioether (sulfide) groups is 1. The number of nitrogens with zero attached hydrogens (tertiary/aromatic N) is 2. The summed E-state index contributed by atoms with van der Waals surface area (Å²) < 4.78 is 10.9. The number of aromatic nitrogens is 1. The van der Waals surface area contributed by atoms with Crippen LogP contribution in [0.2, 0.25) is 0 Å². The van der Waals surface area contributed by atoms with E-state index in [4.69, 9.17) is 14.1 Å². The van der Waals surface area contributed by atoms with Crippen molar-refractivity contribution in [1.82, 2.24) is 9.88 Å². The summed E-state index contributed by atoms with van der Waals surface area (Å²) in [6.45, 7) is 2.41. The minimum Gasteiger partial charge on any atom is -0.497 e. The molecule has 3 heterocycles. The topological polar surface area (TPSA) is 70.8 Å². The molecule has 0 bridgehead atoms. The number of fused-ring (bicyclic) bond motifs is 1. The molecule has 1 saturated heterocycles. The molecule has 166 valence electrons. The summed E-state index contributed by atoms with van der Waals surface area (Å²) in [5.41, 5.74) is 3.03. The van der Waals surface area contributed by atoms with Crippen molar-refractivity contribution in [2.75, 3.05) is 13.7 Å². The third-order valence-electron chi connectivity index (χ3n) is 5.50. The first kappa shape index (κ1) is 21.2. The van der Waals surface area contributed by atoms with Crippen LogP contribution in [-0.4, -0.2) is 34.6 Å². The summed E-state index contributed by atoms with van der Waals surface area (Å²) in [7, 11) is 1.63. The number of amidine groups is 1. The number of rotatable bonds is 6. The second-order valence-electron chi connectivity index (χ2n) is 7.72. The predicted molar refractivity (Wildman–Crippen MR) is 133 cm³/mol. The standard InChI is InChI=1S/C26H23N3O3S/c1-17-7-10-21(32-17)15-24-25(30)29(14-13-18-16-27-23-6-4-3-5-22(18)23)26(33-24)28-19-8-11-20(31-2)12-9-19/h3-12,15-16,27H,13-14H2,1-2H3. The largest absolute Gasteiger partial charge is 0.497 e. The number of carbonyl (C=O) groups excluding carboxylic acids is 1. The monoisotopic (exact) mass is 457 g/mol. The van der Waals surface area contributed by atoms with Gasteiger partial charge in [0.05, 0.1) is 17.7 Å². The maximum absolute atomic E-state index is 13.3. The van der Waals surface area contributed by atoms with E-state index < -0.39 is 0 Å². The molecule has 1 aliphatic rings. The number of aliphatic imine (C=N–C) groups is 1. The van der Waals surface area contributed by atoms with E-state index in [0.717, 1.165) is 22.7 Å². The Hall–Kier alpha value is -3.71. The van der Waals surface area contributed by atoms with E-state index in [1.807, 2.05) is 61.7 Å². The zero-order valence-corrected chi connectivity index (χ0v) is 19.2. The van der Waals surface area contributed by atoms with E-state index in [9.17, 15) is 4.79 Å². The lowest BCUT2D eigenvalue weighted by Crippen LogP contribution is -2.31. The van der Waals surface area contributed by atoms with E-state index in [2.05, 4.69) is 17.1 Å².